The number of methoxy groups -OCH3 is 2. The average Bonchev–Trinajstić information content (AvgIpc) is 3.31. The minimum absolute atomic E-state index is 0.0583. The Morgan fingerprint density at radius 2 is 1.69 bits per heavy atom. The second-order valence-electron chi connectivity index (χ2n) is 8.42. The topological polar surface area (TPSA) is 65.5 Å². The molecule has 0 atom stereocenters. The van der Waals surface area contributed by atoms with Crippen LogP contribution in [0.25, 0.3) is 26.9 Å². The molecule has 2 aromatic heterocycles. The number of rotatable bonds is 9. The van der Waals surface area contributed by atoms with Gasteiger partial charge in [-0.1, -0.05) is 30.4 Å². The van der Waals surface area contributed by atoms with Crippen molar-refractivity contribution in [2.24, 2.45) is 0 Å². The van der Waals surface area contributed by atoms with Gasteiger partial charge in [-0.3, -0.25) is 9.59 Å². The first-order valence-corrected chi connectivity index (χ1v) is 12.1. The highest BCUT2D eigenvalue weighted by Crippen LogP contribution is 2.36. The van der Waals surface area contributed by atoms with E-state index in [-0.39, 0.29) is 24.4 Å². The smallest absolute Gasteiger partial charge is 0.181 e. The zero-order chi connectivity index (χ0) is 25.1. The molecule has 0 spiro atoms. The number of hydrogen-bond acceptors (Lipinski definition) is 6. The Morgan fingerprint density at radius 1 is 0.943 bits per heavy atom. The van der Waals surface area contributed by atoms with Crippen LogP contribution in [0.15, 0.2) is 60.5 Å². The second kappa shape index (κ2) is 10.2. The molecule has 0 aliphatic heterocycles. The normalized spacial score (nSPS) is 10.9. The van der Waals surface area contributed by atoms with Crippen molar-refractivity contribution in [3.05, 3.63) is 82.9 Å². The molecule has 2 heterocycles. The van der Waals surface area contributed by atoms with Crippen LogP contribution in [0.1, 0.15) is 51.7 Å². The van der Waals surface area contributed by atoms with Gasteiger partial charge < -0.3 is 9.47 Å². The summed E-state index contributed by atoms with van der Waals surface area (Å²) >= 11 is 1.67. The van der Waals surface area contributed by atoms with E-state index in [4.69, 9.17) is 14.5 Å². The van der Waals surface area contributed by atoms with Gasteiger partial charge in [-0.25, -0.2) is 4.98 Å². The number of ether oxygens (including phenoxy) is 2. The van der Waals surface area contributed by atoms with Crippen molar-refractivity contribution >= 4 is 38.6 Å². The average molecular weight is 486 g/mol. The number of pyridine rings is 1. The van der Waals surface area contributed by atoms with Crippen LogP contribution in [0.2, 0.25) is 0 Å². The van der Waals surface area contributed by atoms with Crippen molar-refractivity contribution in [3.63, 3.8) is 0 Å². The third-order valence-electron chi connectivity index (χ3n) is 5.96. The fourth-order valence-corrected chi connectivity index (χ4v) is 5.01. The molecule has 4 aromatic rings. The maximum absolute atomic E-state index is 13.1. The van der Waals surface area contributed by atoms with E-state index in [2.05, 4.69) is 31.0 Å². The van der Waals surface area contributed by atoms with Gasteiger partial charge in [0.1, 0.15) is 5.69 Å². The Morgan fingerprint density at radius 3 is 2.40 bits per heavy atom. The molecular weight excluding hydrogens is 458 g/mol. The summed E-state index contributed by atoms with van der Waals surface area (Å²) in [6.07, 6.45) is 0.131. The van der Waals surface area contributed by atoms with Gasteiger partial charge in [0.05, 0.1) is 19.9 Å². The number of Topliss-reactive ketones (excluding diaryl/α,β-unsaturated/α-hetero) is 2. The molecule has 0 radical (unpaired) electrons. The van der Waals surface area contributed by atoms with Crippen LogP contribution >= 0.6 is 11.3 Å². The Balaban J connectivity index is 1.60. The minimum Gasteiger partial charge on any atom is -0.493 e. The van der Waals surface area contributed by atoms with Crippen molar-refractivity contribution in [1.82, 2.24) is 4.98 Å². The Bertz CT molecular complexity index is 1450. The predicted octanol–water partition coefficient (Wildman–Crippen LogP) is 7.17. The molecular formula is C29H27NO4S. The lowest BCUT2D eigenvalue weighted by molar-refractivity contribution is 0.0915. The van der Waals surface area contributed by atoms with E-state index in [1.165, 1.54) is 17.4 Å². The molecule has 0 N–H and O–H groups in total. The van der Waals surface area contributed by atoms with Crippen LogP contribution in [0.3, 0.4) is 0 Å². The molecule has 0 unspecified atom stereocenters. The molecule has 178 valence electrons. The maximum atomic E-state index is 13.1. The van der Waals surface area contributed by atoms with Gasteiger partial charge >= 0.3 is 0 Å². The second-order valence-corrected chi connectivity index (χ2v) is 9.30. The molecule has 0 bridgehead atoms. The maximum Gasteiger partial charge on any atom is 0.181 e. The number of nitrogens with zero attached hydrogens (tertiary/aromatic N) is 1. The lowest BCUT2D eigenvalue weighted by Crippen LogP contribution is -2.08. The number of allylic oxidation sites excluding steroid dienone is 1. The molecule has 0 saturated carbocycles. The number of ketones is 2. The lowest BCUT2D eigenvalue weighted by Gasteiger charge is -2.10. The molecule has 0 aliphatic rings. The fourth-order valence-electron chi connectivity index (χ4n) is 3.97. The summed E-state index contributed by atoms with van der Waals surface area (Å²) in [6.45, 7) is 8.05. The third kappa shape index (κ3) is 5.03. The minimum atomic E-state index is -0.182. The first-order valence-electron chi connectivity index (χ1n) is 11.3. The van der Waals surface area contributed by atoms with E-state index < -0.39 is 0 Å². The van der Waals surface area contributed by atoms with Crippen molar-refractivity contribution in [2.45, 2.75) is 26.7 Å². The van der Waals surface area contributed by atoms with Gasteiger partial charge in [0.15, 0.2) is 23.1 Å². The summed E-state index contributed by atoms with van der Waals surface area (Å²) < 4.78 is 11.7. The van der Waals surface area contributed by atoms with E-state index in [1.807, 2.05) is 19.1 Å². The SMILES string of the molecule is C=C(C)c1cc(C(=O)CCC(=O)c2ccc(OC)c(OC)c2)nc(-c2csc3c(C)cccc23)c1. The van der Waals surface area contributed by atoms with Crippen LogP contribution in [-0.2, 0) is 0 Å². The number of carbonyl (C=O) groups is 2. The van der Waals surface area contributed by atoms with Crippen molar-refractivity contribution in [2.75, 3.05) is 14.2 Å². The molecule has 0 amide bonds. The Kier molecular flexibility index (Phi) is 7.12. The number of benzene rings is 2. The molecule has 0 fully saturated rings. The van der Waals surface area contributed by atoms with Crippen LogP contribution < -0.4 is 9.47 Å². The lowest BCUT2D eigenvalue weighted by atomic mass is 9.99. The number of aromatic nitrogens is 1. The predicted molar refractivity (Wildman–Crippen MR) is 142 cm³/mol. The molecule has 2 aromatic carbocycles. The van der Waals surface area contributed by atoms with Gasteiger partial charge in [-0.2, -0.15) is 0 Å². The molecule has 0 saturated heterocycles. The number of fused-ring (bicyclic) bond motifs is 1. The molecule has 0 aliphatic carbocycles. The summed E-state index contributed by atoms with van der Waals surface area (Å²) in [6, 6.07) is 14.9. The van der Waals surface area contributed by atoms with Crippen LogP contribution in [0.4, 0.5) is 0 Å². The first-order chi connectivity index (χ1) is 16.8. The quantitative estimate of drug-likeness (QED) is 0.235. The molecule has 6 heteroatoms. The van der Waals surface area contributed by atoms with E-state index in [0.29, 0.717) is 22.8 Å². The van der Waals surface area contributed by atoms with E-state index in [1.54, 1.807) is 42.7 Å². The summed E-state index contributed by atoms with van der Waals surface area (Å²) in [5.41, 5.74) is 5.45. The highest BCUT2D eigenvalue weighted by Gasteiger charge is 2.18. The van der Waals surface area contributed by atoms with Crippen molar-refractivity contribution in [3.8, 4) is 22.8 Å². The van der Waals surface area contributed by atoms with Gasteiger partial charge in [-0.05, 0) is 55.3 Å². The number of carbonyl (C=O) groups excluding carboxylic acids is 2. The van der Waals surface area contributed by atoms with E-state index in [9.17, 15) is 9.59 Å². The first kappa shape index (κ1) is 24.4. The highest BCUT2D eigenvalue weighted by molar-refractivity contribution is 7.18. The summed E-state index contributed by atoms with van der Waals surface area (Å²) in [5.74, 6) is 0.696. The van der Waals surface area contributed by atoms with Crippen LogP contribution in [0.5, 0.6) is 11.5 Å². The Hall–Kier alpha value is -3.77. The van der Waals surface area contributed by atoms with Gasteiger partial charge in [0, 0.05) is 39.4 Å². The largest absolute Gasteiger partial charge is 0.493 e. The molecule has 35 heavy (non-hydrogen) atoms. The van der Waals surface area contributed by atoms with E-state index >= 15 is 0 Å². The standard InChI is InChI=1S/C29H27NO4S/c1-17(2)20-13-23(22-16-35-29-18(3)7-6-8-21(22)29)30-24(14-20)26(32)11-10-25(31)19-9-12-27(33-4)28(15-19)34-5/h6-9,12-16H,1,10-11H2,2-5H3. The summed E-state index contributed by atoms with van der Waals surface area (Å²) in [7, 11) is 3.06. The van der Waals surface area contributed by atoms with Gasteiger partial charge in [0.25, 0.3) is 0 Å². The Labute approximate surface area is 209 Å². The highest BCUT2D eigenvalue weighted by atomic mass is 32.1. The van der Waals surface area contributed by atoms with Gasteiger partial charge in [0.2, 0.25) is 0 Å². The third-order valence-corrected chi connectivity index (χ3v) is 7.09. The number of aryl methyl sites for hydroxylation is 1. The zero-order valence-electron chi connectivity index (χ0n) is 20.3. The molecule has 4 rings (SSSR count). The fraction of sp³-hybridized carbons (Fsp3) is 0.207. The number of thiophene rings is 1. The van der Waals surface area contributed by atoms with E-state index in [0.717, 1.165) is 27.8 Å². The zero-order valence-corrected chi connectivity index (χ0v) is 21.1. The van der Waals surface area contributed by atoms with Crippen molar-refractivity contribution < 1.29 is 19.1 Å². The molecule has 5 nitrogen and oxygen atoms in total. The van der Waals surface area contributed by atoms with Crippen LogP contribution in [0, 0.1) is 6.92 Å². The van der Waals surface area contributed by atoms with Crippen LogP contribution in [-0.4, -0.2) is 30.8 Å². The monoisotopic (exact) mass is 485 g/mol. The van der Waals surface area contributed by atoms with Crippen molar-refractivity contribution in [1.29, 1.82) is 0 Å². The van der Waals surface area contributed by atoms with Gasteiger partial charge in [-0.15, -0.1) is 11.3 Å². The number of hydrogen-bond donors (Lipinski definition) is 0. The summed E-state index contributed by atoms with van der Waals surface area (Å²) in [5, 5.41) is 3.19. The summed E-state index contributed by atoms with van der Waals surface area (Å²) in [4.78, 5) is 30.6.